The minimum Gasteiger partial charge on any atom is -0.315 e. The van der Waals surface area contributed by atoms with Crippen LogP contribution < -0.4 is 5.32 Å². The summed E-state index contributed by atoms with van der Waals surface area (Å²) < 4.78 is 50.3. The molecule has 3 heterocycles. The van der Waals surface area contributed by atoms with Gasteiger partial charge in [0.1, 0.15) is 9.84 Å². The van der Waals surface area contributed by atoms with Gasteiger partial charge in [-0.3, -0.25) is 0 Å². The molecule has 3 unspecified atom stereocenters. The van der Waals surface area contributed by atoms with Gasteiger partial charge >= 0.3 is 0 Å². The number of nitrogens with one attached hydrogen (secondary N) is 1. The fraction of sp³-hybridized carbons (Fsp3) is 1.00. The van der Waals surface area contributed by atoms with Crippen molar-refractivity contribution < 1.29 is 16.8 Å². The second-order valence-electron chi connectivity index (χ2n) is 6.30. The average Bonchev–Trinajstić information content (AvgIpc) is 2.87. The van der Waals surface area contributed by atoms with E-state index in [9.17, 15) is 16.8 Å². The molecule has 0 aliphatic carbocycles. The highest BCUT2D eigenvalue weighted by Gasteiger charge is 2.50. The number of fused-ring (bicyclic) bond motifs is 1. The van der Waals surface area contributed by atoms with Crippen molar-refractivity contribution in [3.63, 3.8) is 0 Å². The Morgan fingerprint density at radius 1 is 1.15 bits per heavy atom. The maximum Gasteiger partial charge on any atom is 0.217 e. The number of sulfonamides is 1. The molecule has 0 spiro atoms. The lowest BCUT2D eigenvalue weighted by atomic mass is 10.0. The Bertz CT molecular complexity index is 573. The van der Waals surface area contributed by atoms with E-state index in [1.54, 1.807) is 4.31 Å². The summed E-state index contributed by atoms with van der Waals surface area (Å²) in [6.07, 6.45) is 1.40. The Labute approximate surface area is 120 Å². The summed E-state index contributed by atoms with van der Waals surface area (Å²) in [6.45, 7) is 3.58. The van der Waals surface area contributed by atoms with Gasteiger partial charge in [-0.25, -0.2) is 16.8 Å². The van der Waals surface area contributed by atoms with Crippen LogP contribution in [0.3, 0.4) is 0 Å². The highest BCUT2D eigenvalue weighted by Crippen LogP contribution is 2.37. The normalized spacial score (nSPS) is 39.0. The molecule has 0 aromatic rings. The third kappa shape index (κ3) is 2.40. The average molecular weight is 322 g/mol. The zero-order valence-electron chi connectivity index (χ0n) is 11.7. The molecule has 3 saturated heterocycles. The maximum atomic E-state index is 12.9. The minimum absolute atomic E-state index is 0.00542. The van der Waals surface area contributed by atoms with Gasteiger partial charge in [0.2, 0.25) is 10.0 Å². The molecule has 6 nitrogen and oxygen atoms in total. The first kappa shape index (κ1) is 14.7. The van der Waals surface area contributed by atoms with E-state index in [0.29, 0.717) is 5.92 Å². The second-order valence-corrected chi connectivity index (χ2v) is 10.7. The zero-order chi connectivity index (χ0) is 14.5. The zero-order valence-corrected chi connectivity index (χ0v) is 13.3. The van der Waals surface area contributed by atoms with Crippen molar-refractivity contribution in [1.29, 1.82) is 0 Å². The molecule has 3 aliphatic heterocycles. The molecule has 8 heteroatoms. The van der Waals surface area contributed by atoms with E-state index >= 15 is 0 Å². The molecule has 0 radical (unpaired) electrons. The number of hydrogen-bond acceptors (Lipinski definition) is 5. The summed E-state index contributed by atoms with van der Waals surface area (Å²) >= 11 is 0. The van der Waals surface area contributed by atoms with Crippen molar-refractivity contribution in [3.05, 3.63) is 0 Å². The Hall–Kier alpha value is -0.180. The first-order valence-electron chi connectivity index (χ1n) is 7.25. The van der Waals surface area contributed by atoms with Crippen LogP contribution in [0.5, 0.6) is 0 Å². The van der Waals surface area contributed by atoms with E-state index in [0.717, 1.165) is 19.5 Å². The van der Waals surface area contributed by atoms with Crippen molar-refractivity contribution in [1.82, 2.24) is 9.62 Å². The second kappa shape index (κ2) is 4.93. The SMILES string of the molecule is CC1CC2CNCC2N1S(=O)(=O)C1CCS(=O)(=O)CC1. The van der Waals surface area contributed by atoms with E-state index in [2.05, 4.69) is 5.32 Å². The lowest BCUT2D eigenvalue weighted by Gasteiger charge is -2.32. The van der Waals surface area contributed by atoms with Crippen LogP contribution in [0.25, 0.3) is 0 Å². The highest BCUT2D eigenvalue weighted by molar-refractivity contribution is 7.92. The predicted octanol–water partition coefficient (Wildman–Crippen LogP) is -0.424. The van der Waals surface area contributed by atoms with E-state index < -0.39 is 25.1 Å². The van der Waals surface area contributed by atoms with Crippen molar-refractivity contribution >= 4 is 19.9 Å². The lowest BCUT2D eigenvalue weighted by molar-refractivity contribution is 0.329. The number of nitrogens with zero attached hydrogens (tertiary/aromatic N) is 1. The van der Waals surface area contributed by atoms with Crippen LogP contribution >= 0.6 is 0 Å². The summed E-state index contributed by atoms with van der Waals surface area (Å²) in [6, 6.07) is 0.101. The third-order valence-corrected chi connectivity index (χ3v) is 9.17. The molecular formula is C12H22N2O4S2. The molecule has 0 bridgehead atoms. The Balaban J connectivity index is 1.81. The van der Waals surface area contributed by atoms with Gasteiger partial charge < -0.3 is 5.32 Å². The molecule has 0 amide bonds. The summed E-state index contributed by atoms with van der Waals surface area (Å²) in [7, 11) is -6.41. The van der Waals surface area contributed by atoms with Gasteiger partial charge in [-0.05, 0) is 38.6 Å². The van der Waals surface area contributed by atoms with E-state index in [1.807, 2.05) is 6.92 Å². The van der Waals surface area contributed by atoms with Crippen molar-refractivity contribution in [2.24, 2.45) is 5.92 Å². The van der Waals surface area contributed by atoms with Gasteiger partial charge in [0.15, 0.2) is 0 Å². The van der Waals surface area contributed by atoms with Crippen LogP contribution in [-0.4, -0.2) is 63.1 Å². The van der Waals surface area contributed by atoms with Gasteiger partial charge in [0, 0.05) is 18.6 Å². The van der Waals surface area contributed by atoms with Crippen molar-refractivity contribution in [3.8, 4) is 0 Å². The maximum absolute atomic E-state index is 12.9. The highest BCUT2D eigenvalue weighted by atomic mass is 32.2. The van der Waals surface area contributed by atoms with E-state index in [-0.39, 0.29) is 36.4 Å². The number of rotatable bonds is 2. The van der Waals surface area contributed by atoms with Gasteiger partial charge in [-0.15, -0.1) is 0 Å². The Morgan fingerprint density at radius 3 is 2.45 bits per heavy atom. The van der Waals surface area contributed by atoms with E-state index in [1.165, 1.54) is 0 Å². The molecule has 1 N–H and O–H groups in total. The van der Waals surface area contributed by atoms with Crippen LogP contribution in [0.4, 0.5) is 0 Å². The topological polar surface area (TPSA) is 83.6 Å². The van der Waals surface area contributed by atoms with Crippen molar-refractivity contribution in [2.45, 2.75) is 43.5 Å². The van der Waals surface area contributed by atoms with E-state index in [4.69, 9.17) is 0 Å². The first-order chi connectivity index (χ1) is 9.31. The van der Waals surface area contributed by atoms with Crippen molar-refractivity contribution in [2.75, 3.05) is 24.6 Å². The van der Waals surface area contributed by atoms with Crippen LogP contribution in [0.15, 0.2) is 0 Å². The van der Waals surface area contributed by atoms with Gasteiger partial charge in [0.05, 0.1) is 16.8 Å². The largest absolute Gasteiger partial charge is 0.315 e. The molecular weight excluding hydrogens is 300 g/mol. The smallest absolute Gasteiger partial charge is 0.217 e. The summed E-state index contributed by atoms with van der Waals surface area (Å²) in [5.74, 6) is 0.420. The fourth-order valence-electron chi connectivity index (χ4n) is 3.90. The van der Waals surface area contributed by atoms with Crippen LogP contribution in [0.2, 0.25) is 0 Å². The van der Waals surface area contributed by atoms with Crippen LogP contribution in [-0.2, 0) is 19.9 Å². The molecule has 0 aromatic heterocycles. The van der Waals surface area contributed by atoms with Crippen LogP contribution in [0.1, 0.15) is 26.2 Å². The number of sulfone groups is 1. The molecule has 20 heavy (non-hydrogen) atoms. The van der Waals surface area contributed by atoms with Crippen LogP contribution in [0, 0.1) is 5.92 Å². The fourth-order valence-corrected chi connectivity index (χ4v) is 8.08. The minimum atomic E-state index is -3.39. The predicted molar refractivity (Wildman–Crippen MR) is 76.7 cm³/mol. The van der Waals surface area contributed by atoms with Gasteiger partial charge in [0.25, 0.3) is 0 Å². The Morgan fingerprint density at radius 2 is 1.80 bits per heavy atom. The number of hydrogen-bond donors (Lipinski definition) is 1. The Kier molecular flexibility index (Phi) is 3.63. The standard InChI is InChI=1S/C12H22N2O4S2/c1-9-6-10-7-13-8-12(10)14(9)20(17,18)11-2-4-19(15,16)5-3-11/h9-13H,2-8H2,1H3. The molecule has 0 saturated carbocycles. The molecule has 3 rings (SSSR count). The summed E-state index contributed by atoms with van der Waals surface area (Å²) in [5, 5.41) is 2.74. The quantitative estimate of drug-likeness (QED) is 0.746. The summed E-state index contributed by atoms with van der Waals surface area (Å²) in [5.41, 5.74) is 0. The third-order valence-electron chi connectivity index (χ3n) is 4.93. The monoisotopic (exact) mass is 322 g/mol. The van der Waals surface area contributed by atoms with Gasteiger partial charge in [-0.1, -0.05) is 0 Å². The summed E-state index contributed by atoms with van der Waals surface area (Å²) in [4.78, 5) is 0. The lowest BCUT2D eigenvalue weighted by Crippen LogP contribution is -2.48. The molecule has 0 aromatic carbocycles. The molecule has 3 aliphatic rings. The molecule has 3 atom stereocenters. The first-order valence-corrected chi connectivity index (χ1v) is 10.6. The molecule has 116 valence electrons. The molecule has 3 fully saturated rings. The van der Waals surface area contributed by atoms with Gasteiger partial charge in [-0.2, -0.15) is 4.31 Å².